The lowest BCUT2D eigenvalue weighted by atomic mass is 9.43. The SMILES string of the molecule is Cc1noc(/C=C/[C@]2(C)C[C@@H](OC(=O)COc3ccc4c(c3)B(O)OC4)[C@]3(C)[C@H](C)CC[C@]4(CCC(O)[C@H]43)[C@@H](C)[C@@H]2O)n1. The van der Waals surface area contributed by atoms with Crippen molar-refractivity contribution < 1.29 is 38.7 Å². The van der Waals surface area contributed by atoms with Crippen LogP contribution in [0.3, 0.4) is 0 Å². The second kappa shape index (κ2) is 11.0. The van der Waals surface area contributed by atoms with Gasteiger partial charge < -0.3 is 33.9 Å². The van der Waals surface area contributed by atoms with E-state index in [-0.39, 0.29) is 29.8 Å². The molecule has 0 amide bonds. The van der Waals surface area contributed by atoms with Gasteiger partial charge in [0.15, 0.2) is 12.4 Å². The lowest BCUT2D eigenvalue weighted by Gasteiger charge is -2.63. The van der Waals surface area contributed by atoms with E-state index in [1.165, 1.54) is 0 Å². The van der Waals surface area contributed by atoms with Crippen molar-refractivity contribution in [1.29, 1.82) is 0 Å². The smallest absolute Gasteiger partial charge is 0.482 e. The standard InChI is InChI=1S/C32H43BN2O8/c1-18-8-12-32-13-9-24(36)28(32)31(18,5)25(15-30(4,29(38)19(32)2)11-10-26-34-20(3)35-43-26)42-27(37)17-40-22-7-6-21-16-41-33(39)23(21)14-22/h6-7,10-11,14,18-19,24-25,28-29,36,38-39H,8-9,12-13,15-17H2,1-5H3/b11-10+/t18-,19+,24?,25-,28+,29+,30-,31+,32+/m1/s1. The van der Waals surface area contributed by atoms with E-state index in [0.717, 1.165) is 24.8 Å². The number of fused-ring (bicyclic) bond motifs is 1. The van der Waals surface area contributed by atoms with Gasteiger partial charge in [-0.2, -0.15) is 4.98 Å². The highest BCUT2D eigenvalue weighted by Crippen LogP contribution is 2.69. The van der Waals surface area contributed by atoms with Crippen LogP contribution >= 0.6 is 0 Å². The van der Waals surface area contributed by atoms with Gasteiger partial charge in [0.1, 0.15) is 11.9 Å². The number of nitrogens with zero attached hydrogens (tertiary/aromatic N) is 2. The van der Waals surface area contributed by atoms with Gasteiger partial charge in [-0.25, -0.2) is 4.79 Å². The van der Waals surface area contributed by atoms with Crippen molar-refractivity contribution in [1.82, 2.24) is 10.1 Å². The Morgan fingerprint density at radius 3 is 2.72 bits per heavy atom. The number of rotatable bonds is 6. The van der Waals surface area contributed by atoms with E-state index in [1.54, 1.807) is 25.1 Å². The van der Waals surface area contributed by atoms with E-state index in [2.05, 4.69) is 30.9 Å². The predicted molar refractivity (Wildman–Crippen MR) is 158 cm³/mol. The van der Waals surface area contributed by atoms with Crippen LogP contribution in [0.5, 0.6) is 5.75 Å². The zero-order valence-electron chi connectivity index (χ0n) is 25.7. The molecule has 2 aromatic rings. The molecule has 2 bridgehead atoms. The number of carbonyl (C=O) groups is 1. The lowest BCUT2D eigenvalue weighted by molar-refractivity contribution is -0.219. The van der Waals surface area contributed by atoms with Crippen LogP contribution in [0.4, 0.5) is 0 Å². The van der Waals surface area contributed by atoms with Crippen LogP contribution in [0, 0.1) is 40.9 Å². The summed E-state index contributed by atoms with van der Waals surface area (Å²) in [4.78, 5) is 17.8. The van der Waals surface area contributed by atoms with Crippen molar-refractivity contribution in [2.75, 3.05) is 6.61 Å². The molecular formula is C32H43BN2O8. The number of esters is 1. The summed E-state index contributed by atoms with van der Waals surface area (Å²) in [5, 5.41) is 37.5. The van der Waals surface area contributed by atoms with E-state index in [9.17, 15) is 20.0 Å². The molecule has 6 rings (SSSR count). The third kappa shape index (κ3) is 5.02. The highest BCUT2D eigenvalue weighted by molar-refractivity contribution is 6.61. The number of hydrogen-bond donors (Lipinski definition) is 3. The fraction of sp³-hybridized carbons (Fsp3) is 0.656. The van der Waals surface area contributed by atoms with Gasteiger partial charge in [0.2, 0.25) is 5.89 Å². The van der Waals surface area contributed by atoms with Gasteiger partial charge in [0, 0.05) is 16.9 Å². The predicted octanol–water partition coefficient (Wildman–Crippen LogP) is 3.20. The molecule has 43 heavy (non-hydrogen) atoms. The molecular weight excluding hydrogens is 551 g/mol. The Hall–Kier alpha value is -2.73. The van der Waals surface area contributed by atoms with E-state index in [0.29, 0.717) is 42.4 Å². The minimum Gasteiger partial charge on any atom is -0.482 e. The largest absolute Gasteiger partial charge is 0.491 e. The molecule has 3 N–H and O–H groups in total. The van der Waals surface area contributed by atoms with Crippen molar-refractivity contribution in [2.45, 2.75) is 91.6 Å². The first kappa shape index (κ1) is 30.3. The van der Waals surface area contributed by atoms with E-state index in [4.69, 9.17) is 18.7 Å². The van der Waals surface area contributed by atoms with Crippen LogP contribution in [0.15, 0.2) is 28.8 Å². The van der Waals surface area contributed by atoms with Gasteiger partial charge in [0.05, 0.1) is 18.8 Å². The summed E-state index contributed by atoms with van der Waals surface area (Å²) < 4.78 is 22.8. The zero-order valence-corrected chi connectivity index (χ0v) is 25.7. The Balaban J connectivity index is 1.32. The average molecular weight is 595 g/mol. The summed E-state index contributed by atoms with van der Waals surface area (Å²) in [6.45, 7) is 10.2. The number of aliphatic hydroxyl groups is 2. The second-order valence-corrected chi connectivity index (χ2v) is 13.9. The van der Waals surface area contributed by atoms with Gasteiger partial charge in [-0.1, -0.05) is 45.0 Å². The van der Waals surface area contributed by atoms with Crippen LogP contribution in [0.2, 0.25) is 0 Å². The lowest BCUT2D eigenvalue weighted by Crippen LogP contribution is -2.63. The second-order valence-electron chi connectivity index (χ2n) is 13.9. The zero-order chi connectivity index (χ0) is 30.7. The topological polar surface area (TPSA) is 144 Å². The summed E-state index contributed by atoms with van der Waals surface area (Å²) in [6, 6.07) is 5.25. The Labute approximate surface area is 252 Å². The monoisotopic (exact) mass is 594 g/mol. The number of benzene rings is 1. The molecule has 9 atom stereocenters. The Kier molecular flexibility index (Phi) is 7.76. The first-order valence-electron chi connectivity index (χ1n) is 15.5. The molecule has 0 spiro atoms. The number of aryl methyl sites for hydroxylation is 1. The molecule has 1 aromatic heterocycles. The fourth-order valence-electron chi connectivity index (χ4n) is 9.02. The van der Waals surface area contributed by atoms with E-state index >= 15 is 0 Å². The maximum Gasteiger partial charge on any atom is 0.491 e. The maximum atomic E-state index is 13.5. The first-order valence-corrected chi connectivity index (χ1v) is 15.5. The van der Waals surface area contributed by atoms with Crippen molar-refractivity contribution in [3.05, 3.63) is 41.6 Å². The number of aliphatic hydroxyl groups excluding tert-OH is 2. The van der Waals surface area contributed by atoms with Crippen LogP contribution in [-0.2, 0) is 20.8 Å². The van der Waals surface area contributed by atoms with Gasteiger partial charge in [0.25, 0.3) is 0 Å². The molecule has 3 saturated carbocycles. The summed E-state index contributed by atoms with van der Waals surface area (Å²) >= 11 is 0. The Bertz CT molecular complexity index is 1400. The molecule has 3 fully saturated rings. The van der Waals surface area contributed by atoms with E-state index < -0.39 is 42.2 Å². The van der Waals surface area contributed by atoms with Crippen LogP contribution in [0.25, 0.3) is 6.08 Å². The fourth-order valence-corrected chi connectivity index (χ4v) is 9.02. The van der Waals surface area contributed by atoms with Crippen LogP contribution < -0.4 is 10.2 Å². The highest BCUT2D eigenvalue weighted by atomic mass is 16.6. The Morgan fingerprint density at radius 1 is 1.21 bits per heavy atom. The summed E-state index contributed by atoms with van der Waals surface area (Å²) in [5.41, 5.74) is -0.115. The summed E-state index contributed by atoms with van der Waals surface area (Å²) in [6.07, 6.45) is 5.41. The van der Waals surface area contributed by atoms with Crippen molar-refractivity contribution in [3.63, 3.8) is 0 Å². The molecule has 11 heteroatoms. The highest BCUT2D eigenvalue weighted by Gasteiger charge is 2.68. The summed E-state index contributed by atoms with van der Waals surface area (Å²) in [5.74, 6) is 0.723. The quantitative estimate of drug-likeness (QED) is 0.337. The number of hydrogen-bond acceptors (Lipinski definition) is 10. The average Bonchev–Trinajstić information content (AvgIpc) is 3.68. The van der Waals surface area contributed by atoms with E-state index in [1.807, 2.05) is 19.1 Å². The summed E-state index contributed by atoms with van der Waals surface area (Å²) in [7, 11) is -1.01. The molecule has 4 aliphatic rings. The molecule has 0 radical (unpaired) electrons. The molecule has 0 saturated heterocycles. The third-order valence-corrected chi connectivity index (χ3v) is 11.6. The number of ether oxygens (including phenoxy) is 2. The minimum atomic E-state index is -1.01. The van der Waals surface area contributed by atoms with Crippen LogP contribution in [-0.4, -0.2) is 63.4 Å². The third-order valence-electron chi connectivity index (χ3n) is 11.6. The minimum absolute atomic E-state index is 0.0975. The van der Waals surface area contributed by atoms with Gasteiger partial charge in [-0.3, -0.25) is 0 Å². The molecule has 1 aliphatic heterocycles. The number of carbonyl (C=O) groups excluding carboxylic acids is 1. The Morgan fingerprint density at radius 2 is 1.98 bits per heavy atom. The molecule has 232 valence electrons. The molecule has 10 nitrogen and oxygen atoms in total. The van der Waals surface area contributed by atoms with Gasteiger partial charge in [-0.15, -0.1) is 0 Å². The van der Waals surface area contributed by atoms with Crippen molar-refractivity contribution in [2.24, 2.45) is 34.0 Å². The molecule has 1 unspecified atom stereocenters. The van der Waals surface area contributed by atoms with Gasteiger partial charge >= 0.3 is 13.1 Å². The van der Waals surface area contributed by atoms with Crippen molar-refractivity contribution in [3.8, 4) is 5.75 Å². The normalized spacial score (nSPS) is 38.8. The molecule has 1 aromatic carbocycles. The molecule has 3 aliphatic carbocycles. The van der Waals surface area contributed by atoms with Crippen LogP contribution in [0.1, 0.15) is 77.1 Å². The first-order chi connectivity index (χ1) is 20.4. The molecule has 2 heterocycles. The maximum absolute atomic E-state index is 13.5. The number of aromatic nitrogens is 2. The van der Waals surface area contributed by atoms with Crippen molar-refractivity contribution >= 4 is 24.6 Å². The van der Waals surface area contributed by atoms with Gasteiger partial charge in [-0.05, 0) is 85.4 Å².